The molecule has 0 aliphatic carbocycles. The van der Waals surface area contributed by atoms with Gasteiger partial charge < -0.3 is 13.9 Å². The molecule has 1 N–H and O–H groups in total. The maximum atomic E-state index is 9.89. The van der Waals surface area contributed by atoms with Crippen LogP contribution in [-0.4, -0.2) is 15.8 Å². The van der Waals surface area contributed by atoms with Gasteiger partial charge in [0.2, 0.25) is 5.89 Å². The van der Waals surface area contributed by atoms with E-state index in [9.17, 15) is 5.11 Å². The molecule has 2 aromatic heterocycles. The van der Waals surface area contributed by atoms with Crippen molar-refractivity contribution in [1.29, 1.82) is 0 Å². The number of rotatable bonds is 4. The SMILES string of the molecule is CC(=NCc1ccc(C)cc1)c1nc(-c2ccoc2)oc1O. The average Bonchev–Trinajstić information content (AvgIpc) is 3.15. The molecule has 0 spiro atoms. The Morgan fingerprint density at radius 2 is 2.00 bits per heavy atom. The minimum absolute atomic E-state index is 0.235. The number of hydrogen-bond donors (Lipinski definition) is 1. The van der Waals surface area contributed by atoms with E-state index in [0.717, 1.165) is 5.56 Å². The number of nitrogens with zero attached hydrogens (tertiary/aromatic N) is 2. The highest BCUT2D eigenvalue weighted by Gasteiger charge is 2.16. The predicted octanol–water partition coefficient (Wildman–Crippen LogP) is 3.96. The van der Waals surface area contributed by atoms with E-state index in [-0.39, 0.29) is 5.95 Å². The molecule has 3 aromatic rings. The molecule has 5 nitrogen and oxygen atoms in total. The molecule has 0 unspecified atom stereocenters. The fourth-order valence-electron chi connectivity index (χ4n) is 2.04. The highest BCUT2D eigenvalue weighted by Crippen LogP contribution is 2.27. The first-order valence-corrected chi connectivity index (χ1v) is 6.93. The lowest BCUT2D eigenvalue weighted by molar-refractivity contribution is 0.336. The molecule has 2 heterocycles. The summed E-state index contributed by atoms with van der Waals surface area (Å²) in [5.74, 6) is 0.0764. The fourth-order valence-corrected chi connectivity index (χ4v) is 2.04. The summed E-state index contributed by atoms with van der Waals surface area (Å²) in [4.78, 5) is 8.73. The van der Waals surface area contributed by atoms with Gasteiger partial charge in [-0.15, -0.1) is 0 Å². The zero-order chi connectivity index (χ0) is 15.5. The third kappa shape index (κ3) is 2.93. The summed E-state index contributed by atoms with van der Waals surface area (Å²) in [5, 5.41) is 9.89. The van der Waals surface area contributed by atoms with Crippen LogP contribution < -0.4 is 0 Å². The Hall–Kier alpha value is -2.82. The van der Waals surface area contributed by atoms with Crippen molar-refractivity contribution in [3.63, 3.8) is 0 Å². The minimum Gasteiger partial charge on any atom is -0.479 e. The van der Waals surface area contributed by atoms with Gasteiger partial charge in [0.15, 0.2) is 5.69 Å². The number of aryl methyl sites for hydroxylation is 1. The summed E-state index contributed by atoms with van der Waals surface area (Å²) in [6.07, 6.45) is 3.03. The molecule has 0 fully saturated rings. The number of benzene rings is 1. The van der Waals surface area contributed by atoms with Gasteiger partial charge in [0.05, 0.1) is 24.1 Å². The van der Waals surface area contributed by atoms with E-state index < -0.39 is 0 Å². The summed E-state index contributed by atoms with van der Waals surface area (Å²) >= 11 is 0. The first-order valence-electron chi connectivity index (χ1n) is 6.93. The van der Waals surface area contributed by atoms with E-state index in [2.05, 4.69) is 9.98 Å². The van der Waals surface area contributed by atoms with Crippen molar-refractivity contribution in [1.82, 2.24) is 4.98 Å². The Kier molecular flexibility index (Phi) is 3.78. The second-order valence-corrected chi connectivity index (χ2v) is 5.07. The van der Waals surface area contributed by atoms with Gasteiger partial charge in [0.25, 0.3) is 0 Å². The zero-order valence-corrected chi connectivity index (χ0v) is 12.4. The normalized spacial score (nSPS) is 11.8. The lowest BCUT2D eigenvalue weighted by Gasteiger charge is -1.99. The highest BCUT2D eigenvalue weighted by molar-refractivity contribution is 5.99. The van der Waals surface area contributed by atoms with Crippen molar-refractivity contribution >= 4 is 5.71 Å². The van der Waals surface area contributed by atoms with Crippen molar-refractivity contribution in [2.24, 2.45) is 4.99 Å². The van der Waals surface area contributed by atoms with Crippen LogP contribution in [0.1, 0.15) is 23.7 Å². The van der Waals surface area contributed by atoms with Gasteiger partial charge in [-0.2, -0.15) is 0 Å². The van der Waals surface area contributed by atoms with Gasteiger partial charge in [0.1, 0.15) is 6.26 Å². The first kappa shape index (κ1) is 14.1. The Bertz CT molecular complexity index is 784. The molecule has 112 valence electrons. The molecule has 22 heavy (non-hydrogen) atoms. The molecule has 0 saturated heterocycles. The zero-order valence-electron chi connectivity index (χ0n) is 12.4. The van der Waals surface area contributed by atoms with E-state index in [1.54, 1.807) is 13.0 Å². The molecule has 5 heteroatoms. The summed E-state index contributed by atoms with van der Waals surface area (Å²) in [6, 6.07) is 9.88. The lowest BCUT2D eigenvalue weighted by atomic mass is 10.1. The fraction of sp³-hybridized carbons (Fsp3) is 0.176. The standard InChI is InChI=1S/C17H16N2O3/c1-11-3-5-13(6-4-11)9-18-12(2)15-17(20)22-16(19-15)14-7-8-21-10-14/h3-8,10,20H,9H2,1-2H3. The lowest BCUT2D eigenvalue weighted by Crippen LogP contribution is -1.97. The second-order valence-electron chi connectivity index (χ2n) is 5.07. The molecule has 0 aliphatic rings. The van der Waals surface area contributed by atoms with E-state index in [1.807, 2.05) is 31.2 Å². The van der Waals surface area contributed by atoms with Crippen molar-refractivity contribution in [2.75, 3.05) is 0 Å². The number of aromatic hydroxyl groups is 1. The van der Waals surface area contributed by atoms with Crippen LogP contribution >= 0.6 is 0 Å². The van der Waals surface area contributed by atoms with Crippen molar-refractivity contribution in [3.8, 4) is 17.4 Å². The van der Waals surface area contributed by atoms with Crippen LogP contribution in [-0.2, 0) is 6.54 Å². The highest BCUT2D eigenvalue weighted by atomic mass is 16.5. The number of hydrogen-bond acceptors (Lipinski definition) is 5. The molecular weight excluding hydrogens is 280 g/mol. The number of furan rings is 1. The Morgan fingerprint density at radius 1 is 1.23 bits per heavy atom. The maximum absolute atomic E-state index is 9.89. The van der Waals surface area contributed by atoms with Gasteiger partial charge in [0, 0.05) is 0 Å². The third-order valence-corrected chi connectivity index (χ3v) is 3.34. The topological polar surface area (TPSA) is 71.8 Å². The third-order valence-electron chi connectivity index (χ3n) is 3.34. The van der Waals surface area contributed by atoms with E-state index in [0.29, 0.717) is 29.4 Å². The molecule has 0 radical (unpaired) electrons. The van der Waals surface area contributed by atoms with Gasteiger partial charge in [-0.05, 0) is 25.5 Å². The largest absolute Gasteiger partial charge is 0.479 e. The number of oxazole rings is 1. The number of aromatic nitrogens is 1. The van der Waals surface area contributed by atoms with Crippen LogP contribution in [0, 0.1) is 6.92 Å². The van der Waals surface area contributed by atoms with Crippen molar-refractivity contribution in [3.05, 3.63) is 59.7 Å². The van der Waals surface area contributed by atoms with Crippen molar-refractivity contribution < 1.29 is 13.9 Å². The first-order chi connectivity index (χ1) is 10.6. The van der Waals surface area contributed by atoms with E-state index in [4.69, 9.17) is 8.83 Å². The Balaban J connectivity index is 1.81. The molecule has 0 bridgehead atoms. The smallest absolute Gasteiger partial charge is 0.312 e. The van der Waals surface area contributed by atoms with Gasteiger partial charge in [-0.1, -0.05) is 29.8 Å². The van der Waals surface area contributed by atoms with Crippen LogP contribution in [0.3, 0.4) is 0 Å². The summed E-state index contributed by atoms with van der Waals surface area (Å²) in [5.41, 5.74) is 3.96. The van der Waals surface area contributed by atoms with Crippen LogP contribution in [0.4, 0.5) is 0 Å². The Morgan fingerprint density at radius 3 is 2.68 bits per heavy atom. The van der Waals surface area contributed by atoms with Crippen LogP contribution in [0.2, 0.25) is 0 Å². The van der Waals surface area contributed by atoms with Gasteiger partial charge in [-0.25, -0.2) is 4.98 Å². The molecule has 0 atom stereocenters. The molecule has 1 aromatic carbocycles. The summed E-state index contributed by atoms with van der Waals surface area (Å²) in [6.45, 7) is 4.37. The minimum atomic E-state index is -0.235. The summed E-state index contributed by atoms with van der Waals surface area (Å²) < 4.78 is 10.2. The van der Waals surface area contributed by atoms with Gasteiger partial charge >= 0.3 is 5.95 Å². The second kappa shape index (κ2) is 5.89. The van der Waals surface area contributed by atoms with Gasteiger partial charge in [-0.3, -0.25) is 4.99 Å². The van der Waals surface area contributed by atoms with Crippen LogP contribution in [0.15, 0.2) is 56.7 Å². The molecule has 0 saturated carbocycles. The van der Waals surface area contributed by atoms with Crippen LogP contribution in [0.5, 0.6) is 5.95 Å². The maximum Gasteiger partial charge on any atom is 0.312 e. The predicted molar refractivity (Wildman–Crippen MR) is 83.0 cm³/mol. The van der Waals surface area contributed by atoms with E-state index in [1.165, 1.54) is 18.1 Å². The molecule has 3 rings (SSSR count). The summed E-state index contributed by atoms with van der Waals surface area (Å²) in [7, 11) is 0. The number of aliphatic imine (C=N–C) groups is 1. The Labute approximate surface area is 128 Å². The monoisotopic (exact) mass is 296 g/mol. The quantitative estimate of drug-likeness (QED) is 0.740. The average molecular weight is 296 g/mol. The molecular formula is C17H16N2O3. The molecule has 0 amide bonds. The van der Waals surface area contributed by atoms with Crippen LogP contribution in [0.25, 0.3) is 11.5 Å². The van der Waals surface area contributed by atoms with Crippen molar-refractivity contribution in [2.45, 2.75) is 20.4 Å². The van der Waals surface area contributed by atoms with E-state index >= 15 is 0 Å². The molecule has 0 aliphatic heterocycles.